The van der Waals surface area contributed by atoms with Gasteiger partial charge < -0.3 is 45.2 Å². The maximum atomic E-state index is 12.2. The van der Waals surface area contributed by atoms with E-state index in [9.17, 15) is 34.2 Å². The van der Waals surface area contributed by atoms with Crippen LogP contribution in [0.2, 0.25) is 0 Å². The number of hydrogen-bond donors (Lipinski definition) is 0. The summed E-state index contributed by atoms with van der Waals surface area (Å²) in [5.74, 6) is -6.70. The third kappa shape index (κ3) is 19.7. The molecule has 0 aromatic rings. The molecule has 316 valence electrons. The van der Waals surface area contributed by atoms with Crippen LogP contribution in [0.25, 0.3) is 0 Å². The third-order valence-electron chi connectivity index (χ3n) is 10.1. The van der Waals surface area contributed by atoms with Crippen molar-refractivity contribution in [1.82, 2.24) is 0 Å². The van der Waals surface area contributed by atoms with Gasteiger partial charge in [0, 0.05) is 11.9 Å². The largest absolute Gasteiger partial charge is 1.00 e. The van der Waals surface area contributed by atoms with E-state index in [0.717, 1.165) is 6.42 Å². The van der Waals surface area contributed by atoms with Crippen LogP contribution in [0, 0.1) is 72.0 Å². The molecule has 17 nitrogen and oxygen atoms in total. The first-order valence-corrected chi connectivity index (χ1v) is 17.2. The fourth-order valence-corrected chi connectivity index (χ4v) is 7.52. The standard InChI is InChI=1S/C20H24O6.C17H20O5.3CO2.CH4.4Na/c1-5-11-9-12(15(10(11)3)18(21)24-4)7-8-14-17-16(13(6-2)25-14)19(22)26-20(17)23;1-3-10-7-11(13(8-10)16(18)19)5-6-12-9-14(17(20)21)15(4-2)22-12;3*2-1-3;;;;;/h5-8,10-17H,1-2,9H2,3-4H3;3-6,8-15H,1-2,7H2,(H,18,19)(H,20,21);;;;1H4;;;;/q;-2;;;;;4*+1/p-2/b8-7-;6-5-;;;;;;;;. The van der Waals surface area contributed by atoms with Crippen molar-refractivity contribution < 1.29 is 200 Å². The van der Waals surface area contributed by atoms with E-state index in [4.69, 9.17) is 47.7 Å². The number of rotatable bonds is 11. The molecule has 3 heterocycles. The van der Waals surface area contributed by atoms with Crippen LogP contribution in [-0.2, 0) is 71.7 Å². The van der Waals surface area contributed by atoms with Gasteiger partial charge in [0.2, 0.25) is 0 Å². The van der Waals surface area contributed by atoms with Crippen LogP contribution >= 0.6 is 0 Å². The molecule has 14 atom stereocenters. The number of carbonyl (C=O) groups excluding carboxylic acids is 11. The van der Waals surface area contributed by atoms with E-state index in [2.05, 4.69) is 26.3 Å². The van der Waals surface area contributed by atoms with Gasteiger partial charge in [-0.15, -0.1) is 44.2 Å². The zero-order valence-corrected chi connectivity index (χ0v) is 43.0. The molecule has 3 saturated heterocycles. The Hall–Kier alpha value is -1.95. The summed E-state index contributed by atoms with van der Waals surface area (Å²) in [4.78, 5) is 107. The number of carbonyl (C=O) groups is 5. The van der Waals surface area contributed by atoms with Crippen molar-refractivity contribution in [2.24, 2.45) is 59.2 Å². The van der Waals surface area contributed by atoms with Gasteiger partial charge in [0.15, 0.2) is 0 Å². The van der Waals surface area contributed by atoms with E-state index in [-0.39, 0.29) is 186 Å². The van der Waals surface area contributed by atoms with Crippen LogP contribution in [0.1, 0.15) is 27.2 Å². The van der Waals surface area contributed by atoms with Gasteiger partial charge in [0.25, 0.3) is 0 Å². The molecular formula is C41H46Na4O17. The third-order valence-corrected chi connectivity index (χ3v) is 10.1. The van der Waals surface area contributed by atoms with Gasteiger partial charge in [-0.25, -0.2) is 0 Å². The van der Waals surface area contributed by atoms with E-state index in [1.165, 1.54) is 25.7 Å². The zero-order valence-electron chi connectivity index (χ0n) is 35.0. The van der Waals surface area contributed by atoms with Crippen molar-refractivity contribution in [2.45, 2.75) is 51.6 Å². The number of carboxylic acids is 2. The number of allylic oxidation sites excluding steroid dienone is 4. The number of ether oxygens (including phenoxy) is 4. The quantitative estimate of drug-likeness (QED) is 0.0612. The van der Waals surface area contributed by atoms with E-state index in [1.807, 2.05) is 19.1 Å². The summed E-state index contributed by atoms with van der Waals surface area (Å²) < 4.78 is 21.1. The van der Waals surface area contributed by atoms with Crippen molar-refractivity contribution in [3.63, 3.8) is 0 Å². The predicted octanol–water partition coefficient (Wildman–Crippen LogP) is -11.6. The summed E-state index contributed by atoms with van der Waals surface area (Å²) in [7, 11) is 1.39. The Morgan fingerprint density at radius 1 is 0.661 bits per heavy atom. The molecule has 62 heavy (non-hydrogen) atoms. The number of aliphatic carboxylic acids is 2. The van der Waals surface area contributed by atoms with E-state index in [0.29, 0.717) is 6.42 Å². The van der Waals surface area contributed by atoms with Gasteiger partial charge in [0.05, 0.1) is 31.3 Å². The first-order chi connectivity index (χ1) is 27.1. The number of methoxy groups -OCH3 is 1. The molecule has 0 bridgehead atoms. The average molecular weight is 903 g/mol. The first kappa shape index (κ1) is 69.1. The summed E-state index contributed by atoms with van der Waals surface area (Å²) in [6, 6.07) is 0. The van der Waals surface area contributed by atoms with E-state index < -0.39 is 72.0 Å². The summed E-state index contributed by atoms with van der Waals surface area (Å²) in [6.07, 6.45) is 16.8. The number of carboxylic acid groups (broad SMARTS) is 2. The SMILES string of the molecule is C.C=CC1CC(/C=C\C2OC(C=C)C3C(=O)OC(=O)C23)C(C(=O)OC)C1C.C=CC1[CH-]C(C(=O)[O-])C(/C=C\C2[CH-]C(C(=O)[O-])C(C=C)O2)C1.O=C=O.O=C=O.O=C=O.[Na+].[Na+].[Na+].[Na+]. The normalized spacial score (nSPS) is 31.5. The molecule has 0 radical (unpaired) electrons. The number of hydrogen-bond acceptors (Lipinski definition) is 17. The second-order valence-corrected chi connectivity index (χ2v) is 13.0. The van der Waals surface area contributed by atoms with Crippen molar-refractivity contribution in [3.8, 4) is 0 Å². The Morgan fingerprint density at radius 2 is 1.15 bits per heavy atom. The Labute approximate surface area is 449 Å². The summed E-state index contributed by atoms with van der Waals surface area (Å²) in [5, 5.41) is 22.2. The summed E-state index contributed by atoms with van der Waals surface area (Å²) in [6.45, 7) is 16.8. The van der Waals surface area contributed by atoms with Crippen LogP contribution in [-0.4, -0.2) is 79.8 Å². The Kier molecular flexibility index (Phi) is 40.4. The molecule has 0 spiro atoms. The molecule has 5 fully saturated rings. The zero-order chi connectivity index (χ0) is 43.4. The van der Waals surface area contributed by atoms with Crippen molar-refractivity contribution >= 4 is 48.3 Å². The topological polar surface area (TPSA) is 271 Å². The number of cyclic esters (lactones) is 2. The van der Waals surface area contributed by atoms with Crippen LogP contribution in [0.4, 0.5) is 0 Å². The molecule has 14 unspecified atom stereocenters. The molecule has 5 rings (SSSR count). The van der Waals surface area contributed by atoms with E-state index >= 15 is 0 Å². The minimum Gasteiger partial charge on any atom is -0.553 e. The molecular weight excluding hydrogens is 856 g/mol. The first-order valence-electron chi connectivity index (χ1n) is 17.2. The second-order valence-electron chi connectivity index (χ2n) is 13.0. The molecule has 0 amide bonds. The van der Waals surface area contributed by atoms with Crippen LogP contribution < -0.4 is 128 Å². The number of esters is 3. The summed E-state index contributed by atoms with van der Waals surface area (Å²) in [5.41, 5.74) is 0. The number of fused-ring (bicyclic) bond motifs is 1. The van der Waals surface area contributed by atoms with Gasteiger partial charge in [-0.2, -0.15) is 28.8 Å². The second kappa shape index (κ2) is 36.3. The molecule has 5 aliphatic rings. The Balaban J connectivity index is -0.000000276. The predicted molar refractivity (Wildman–Crippen MR) is 190 cm³/mol. The van der Waals surface area contributed by atoms with Crippen molar-refractivity contribution in [2.75, 3.05) is 7.11 Å². The molecule has 0 N–H and O–H groups in total. The smallest absolute Gasteiger partial charge is 0.553 e. The van der Waals surface area contributed by atoms with Crippen LogP contribution in [0.3, 0.4) is 0 Å². The molecule has 21 heteroatoms. The monoisotopic (exact) mass is 902 g/mol. The van der Waals surface area contributed by atoms with Crippen LogP contribution in [0.5, 0.6) is 0 Å². The van der Waals surface area contributed by atoms with Crippen molar-refractivity contribution in [3.05, 3.63) is 87.8 Å². The molecule has 0 aromatic carbocycles. The van der Waals surface area contributed by atoms with Crippen molar-refractivity contribution in [1.29, 1.82) is 0 Å². The van der Waals surface area contributed by atoms with E-state index in [1.54, 1.807) is 30.7 Å². The molecule has 0 aromatic heterocycles. The Bertz CT molecular complexity index is 1640. The minimum atomic E-state index is -1.21. The van der Waals surface area contributed by atoms with Gasteiger partial charge in [-0.1, -0.05) is 69.2 Å². The minimum absolute atomic E-state index is 0. The average Bonchev–Trinajstić information content (AvgIpc) is 3.99. The van der Waals surface area contributed by atoms with Crippen LogP contribution in [0.15, 0.2) is 74.9 Å². The maximum absolute atomic E-state index is 12.2. The Morgan fingerprint density at radius 3 is 1.56 bits per heavy atom. The molecule has 3 aliphatic heterocycles. The van der Waals surface area contributed by atoms with Gasteiger partial charge in [-0.3, -0.25) is 20.8 Å². The molecule has 2 saturated carbocycles. The van der Waals surface area contributed by atoms with Gasteiger partial charge in [0.1, 0.15) is 11.8 Å². The summed E-state index contributed by atoms with van der Waals surface area (Å²) >= 11 is 0. The van der Waals surface area contributed by atoms with Gasteiger partial charge in [-0.05, 0) is 36.2 Å². The fraction of sp³-hybridized carbons (Fsp3) is 0.463. The van der Waals surface area contributed by atoms with Gasteiger partial charge >= 0.3 is 155 Å². The fourth-order valence-electron chi connectivity index (χ4n) is 7.52. The molecule has 2 aliphatic carbocycles. The maximum Gasteiger partial charge on any atom is 1.00 e.